The highest BCUT2D eigenvalue weighted by Gasteiger charge is 2.28. The Morgan fingerprint density at radius 1 is 0.912 bits per heavy atom. The van der Waals surface area contributed by atoms with E-state index in [1.807, 2.05) is 44.2 Å². The van der Waals surface area contributed by atoms with Gasteiger partial charge in [0.1, 0.15) is 17.8 Å². The molecule has 0 fully saturated rings. The fraction of sp³-hybridized carbons (Fsp3) is 0.423. The van der Waals surface area contributed by atoms with Crippen molar-refractivity contribution in [1.82, 2.24) is 10.6 Å². The van der Waals surface area contributed by atoms with Crippen LogP contribution in [0.5, 0.6) is 5.75 Å². The molecule has 0 aromatic heterocycles. The second-order valence-electron chi connectivity index (χ2n) is 8.68. The third-order valence-corrected chi connectivity index (χ3v) is 5.41. The normalized spacial score (nSPS) is 13.6. The highest BCUT2D eigenvalue weighted by atomic mass is 16.5. The molecule has 0 aliphatic heterocycles. The van der Waals surface area contributed by atoms with Gasteiger partial charge in [-0.15, -0.1) is 0 Å². The third kappa shape index (κ3) is 8.51. The van der Waals surface area contributed by atoms with E-state index in [1.165, 1.54) is 14.0 Å². The smallest absolute Gasteiger partial charge is 0.320 e. The first-order chi connectivity index (χ1) is 16.2. The fourth-order valence-corrected chi connectivity index (χ4v) is 3.56. The van der Waals surface area contributed by atoms with Crippen molar-refractivity contribution < 1.29 is 24.2 Å². The molecule has 34 heavy (non-hydrogen) atoms. The molecule has 4 N–H and O–H groups in total. The summed E-state index contributed by atoms with van der Waals surface area (Å²) < 4.78 is 5.30. The first-order valence-electron chi connectivity index (χ1n) is 11.5. The average Bonchev–Trinajstić information content (AvgIpc) is 2.81. The van der Waals surface area contributed by atoms with Crippen molar-refractivity contribution in [3.63, 3.8) is 0 Å². The topological polar surface area (TPSA) is 117 Å². The van der Waals surface area contributed by atoms with E-state index in [4.69, 9.17) is 4.74 Å². The lowest BCUT2D eigenvalue weighted by molar-refractivity contribution is -0.139. The second-order valence-corrected chi connectivity index (χ2v) is 8.68. The molecule has 0 spiro atoms. The quantitative estimate of drug-likeness (QED) is 0.358. The van der Waals surface area contributed by atoms with Crippen molar-refractivity contribution >= 4 is 23.5 Å². The number of rotatable bonds is 13. The Balaban J connectivity index is 2.16. The number of hydrogen-bond acceptors (Lipinski definition) is 5. The van der Waals surface area contributed by atoms with Gasteiger partial charge in [-0.05, 0) is 49.8 Å². The summed E-state index contributed by atoms with van der Waals surface area (Å²) in [4.78, 5) is 37.7. The van der Waals surface area contributed by atoms with E-state index < -0.39 is 30.0 Å². The monoisotopic (exact) mass is 469 g/mol. The summed E-state index contributed by atoms with van der Waals surface area (Å²) in [5, 5.41) is 17.9. The molecule has 0 aliphatic carbocycles. The fourth-order valence-electron chi connectivity index (χ4n) is 3.56. The number of hydrogen-bond donors (Lipinski definition) is 4. The number of anilines is 1. The lowest BCUT2D eigenvalue weighted by Gasteiger charge is -2.25. The molecule has 2 rings (SSSR count). The Hall–Kier alpha value is -3.39. The van der Waals surface area contributed by atoms with Gasteiger partial charge < -0.3 is 20.5 Å². The van der Waals surface area contributed by atoms with Crippen molar-refractivity contribution in [2.24, 2.45) is 5.92 Å². The van der Waals surface area contributed by atoms with E-state index in [1.54, 1.807) is 24.3 Å². The van der Waals surface area contributed by atoms with Gasteiger partial charge in [0.05, 0.1) is 18.8 Å². The van der Waals surface area contributed by atoms with E-state index in [0.717, 1.165) is 5.56 Å². The summed E-state index contributed by atoms with van der Waals surface area (Å²) in [6, 6.07) is 14.2. The number of benzene rings is 2. The van der Waals surface area contributed by atoms with Crippen molar-refractivity contribution in [2.45, 2.75) is 58.2 Å². The Morgan fingerprint density at radius 2 is 1.56 bits per heavy atom. The van der Waals surface area contributed by atoms with E-state index >= 15 is 0 Å². The highest BCUT2D eigenvalue weighted by Crippen LogP contribution is 2.23. The van der Waals surface area contributed by atoms with Crippen LogP contribution in [-0.4, -0.2) is 48.1 Å². The lowest BCUT2D eigenvalue weighted by atomic mass is 10.0. The number of nitrogens with one attached hydrogen (secondary N) is 3. The zero-order valence-electron chi connectivity index (χ0n) is 20.2. The van der Waals surface area contributed by atoms with Crippen molar-refractivity contribution in [1.29, 1.82) is 0 Å². The number of aryl methyl sites for hydroxylation is 1. The van der Waals surface area contributed by atoms with Crippen LogP contribution in [-0.2, 0) is 20.8 Å². The van der Waals surface area contributed by atoms with E-state index in [0.29, 0.717) is 30.7 Å². The molecule has 0 radical (unpaired) electrons. The van der Waals surface area contributed by atoms with Crippen LogP contribution in [0.2, 0.25) is 0 Å². The summed E-state index contributed by atoms with van der Waals surface area (Å²) in [7, 11) is 1.52. The molecule has 2 aromatic carbocycles. The molecule has 3 atom stereocenters. The zero-order valence-corrected chi connectivity index (χ0v) is 20.2. The Labute approximate surface area is 201 Å². The Bertz CT molecular complexity index is 948. The van der Waals surface area contributed by atoms with Crippen LogP contribution in [0.25, 0.3) is 0 Å². The maximum Gasteiger partial charge on any atom is 0.320 e. The summed E-state index contributed by atoms with van der Waals surface area (Å²) >= 11 is 0. The molecule has 2 amide bonds. The standard InChI is InChI=1S/C26H35N3O5/c1-17(2)16-22(25(31)28-20-12-8-9-13-23(20)34-4)29-24(30)21(27-18(3)26(32)33)15-14-19-10-6-5-7-11-19/h5-13,17-18,21-22,27H,14-16H2,1-4H3,(H,28,31)(H,29,30)(H,32,33)/t18-,21+,22+/m1/s1. The average molecular weight is 470 g/mol. The predicted octanol–water partition coefficient (Wildman–Crippen LogP) is 3.23. The minimum absolute atomic E-state index is 0.141. The molecule has 0 aliphatic rings. The number of ether oxygens (including phenoxy) is 1. The highest BCUT2D eigenvalue weighted by molar-refractivity contribution is 5.98. The Morgan fingerprint density at radius 3 is 2.18 bits per heavy atom. The van der Waals surface area contributed by atoms with Gasteiger partial charge in [-0.1, -0.05) is 56.3 Å². The summed E-state index contributed by atoms with van der Waals surface area (Å²) in [6.45, 7) is 5.42. The molecule has 0 saturated carbocycles. The molecular weight excluding hydrogens is 434 g/mol. The van der Waals surface area contributed by atoms with Crippen molar-refractivity contribution in [3.8, 4) is 5.75 Å². The van der Waals surface area contributed by atoms with Gasteiger partial charge in [-0.25, -0.2) is 0 Å². The maximum atomic E-state index is 13.2. The minimum Gasteiger partial charge on any atom is -0.495 e. The van der Waals surface area contributed by atoms with Gasteiger partial charge in [0.2, 0.25) is 11.8 Å². The van der Waals surface area contributed by atoms with Gasteiger partial charge in [0.25, 0.3) is 0 Å². The molecule has 0 saturated heterocycles. The summed E-state index contributed by atoms with van der Waals surface area (Å²) in [6.07, 6.45) is 1.39. The van der Waals surface area contributed by atoms with Crippen LogP contribution < -0.4 is 20.7 Å². The van der Waals surface area contributed by atoms with Crippen molar-refractivity contribution in [2.75, 3.05) is 12.4 Å². The van der Waals surface area contributed by atoms with Crippen LogP contribution in [0, 0.1) is 5.92 Å². The molecule has 0 heterocycles. The largest absolute Gasteiger partial charge is 0.495 e. The second kappa shape index (κ2) is 13.3. The van der Waals surface area contributed by atoms with Crippen LogP contribution in [0.1, 0.15) is 39.2 Å². The lowest BCUT2D eigenvalue weighted by Crippen LogP contribution is -2.54. The van der Waals surface area contributed by atoms with Gasteiger partial charge in [-0.2, -0.15) is 0 Å². The minimum atomic E-state index is -1.05. The van der Waals surface area contributed by atoms with Crippen LogP contribution in [0.3, 0.4) is 0 Å². The number of carboxylic acids is 1. The number of carbonyl (C=O) groups excluding carboxylic acids is 2. The molecule has 0 unspecified atom stereocenters. The van der Waals surface area contributed by atoms with Gasteiger partial charge in [0, 0.05) is 0 Å². The van der Waals surface area contributed by atoms with Gasteiger partial charge in [-0.3, -0.25) is 19.7 Å². The third-order valence-electron chi connectivity index (χ3n) is 5.41. The summed E-state index contributed by atoms with van der Waals surface area (Å²) in [5.74, 6) is -1.17. The number of carboxylic acid groups (broad SMARTS) is 1. The SMILES string of the molecule is COc1ccccc1NC(=O)[C@H](CC(C)C)NC(=O)[C@H](CCc1ccccc1)N[C@H](C)C(=O)O. The maximum absolute atomic E-state index is 13.2. The van der Waals surface area contributed by atoms with Crippen LogP contribution >= 0.6 is 0 Å². The Kier molecular flexibility index (Phi) is 10.5. The van der Waals surface area contributed by atoms with Crippen LogP contribution in [0.4, 0.5) is 5.69 Å². The van der Waals surface area contributed by atoms with Crippen molar-refractivity contribution in [3.05, 3.63) is 60.2 Å². The number of methoxy groups -OCH3 is 1. The first-order valence-corrected chi connectivity index (χ1v) is 11.5. The molecule has 8 nitrogen and oxygen atoms in total. The van der Waals surface area contributed by atoms with Gasteiger partial charge in [0.15, 0.2) is 0 Å². The zero-order chi connectivity index (χ0) is 25.1. The molecule has 0 bridgehead atoms. The predicted molar refractivity (Wildman–Crippen MR) is 132 cm³/mol. The number of aliphatic carboxylic acids is 1. The van der Waals surface area contributed by atoms with E-state index in [-0.39, 0.29) is 11.8 Å². The number of carbonyl (C=O) groups is 3. The first kappa shape index (κ1) is 26.9. The number of amides is 2. The van der Waals surface area contributed by atoms with Gasteiger partial charge >= 0.3 is 5.97 Å². The van der Waals surface area contributed by atoms with E-state index in [9.17, 15) is 19.5 Å². The number of para-hydroxylation sites is 2. The molecular formula is C26H35N3O5. The van der Waals surface area contributed by atoms with Crippen LogP contribution in [0.15, 0.2) is 54.6 Å². The summed E-state index contributed by atoms with van der Waals surface area (Å²) in [5.41, 5.74) is 1.55. The molecule has 8 heteroatoms. The van der Waals surface area contributed by atoms with E-state index in [2.05, 4.69) is 16.0 Å². The molecule has 2 aromatic rings. The molecule has 184 valence electrons.